The molecule has 23 heavy (non-hydrogen) atoms. The zero-order chi connectivity index (χ0) is 16.5. The molecule has 0 aliphatic rings. The fraction of sp³-hybridized carbons (Fsp3) is 0.167. The van der Waals surface area contributed by atoms with Gasteiger partial charge in [0.1, 0.15) is 0 Å². The fourth-order valence-corrected chi connectivity index (χ4v) is 1.88. The normalized spacial score (nSPS) is 10.5. The third-order valence-electron chi connectivity index (χ3n) is 3.08. The molecule has 0 unspecified atom stereocenters. The number of carbonyl (C=O) groups is 2. The molecule has 2 N–H and O–H groups in total. The first-order valence-electron chi connectivity index (χ1n) is 7.46. The predicted octanol–water partition coefficient (Wildman–Crippen LogP) is 2.87. The van der Waals surface area contributed by atoms with Gasteiger partial charge in [-0.15, -0.1) is 0 Å². The minimum atomic E-state index is -0.231. The van der Waals surface area contributed by atoms with Gasteiger partial charge in [0.25, 0.3) is 5.91 Å². The van der Waals surface area contributed by atoms with Gasteiger partial charge in [0.15, 0.2) is 0 Å². The third-order valence-corrected chi connectivity index (χ3v) is 3.08. The summed E-state index contributed by atoms with van der Waals surface area (Å²) in [5.74, 6) is -0.340. The first-order valence-corrected chi connectivity index (χ1v) is 7.46. The van der Waals surface area contributed by atoms with E-state index < -0.39 is 0 Å². The molecule has 2 amide bonds. The Hall–Kier alpha value is -2.95. The van der Waals surface area contributed by atoms with Crippen LogP contribution in [0.1, 0.15) is 29.3 Å². The van der Waals surface area contributed by atoms with Gasteiger partial charge in [-0.05, 0) is 54.5 Å². The van der Waals surface area contributed by atoms with Gasteiger partial charge in [-0.2, -0.15) is 0 Å². The van der Waals surface area contributed by atoms with Gasteiger partial charge in [-0.25, -0.2) is 0 Å². The number of anilines is 1. The molecule has 1 aromatic carbocycles. The van der Waals surface area contributed by atoms with Crippen LogP contribution in [0, 0.1) is 0 Å². The van der Waals surface area contributed by atoms with E-state index in [1.165, 1.54) is 6.08 Å². The molecule has 2 aromatic rings. The van der Waals surface area contributed by atoms with E-state index in [0.717, 1.165) is 12.0 Å². The number of rotatable bonds is 6. The van der Waals surface area contributed by atoms with Gasteiger partial charge in [0.05, 0.1) is 0 Å². The number of carbonyl (C=O) groups excluding carboxylic acids is 2. The number of hydrogen-bond acceptors (Lipinski definition) is 3. The van der Waals surface area contributed by atoms with E-state index in [1.54, 1.807) is 42.7 Å². The van der Waals surface area contributed by atoms with Gasteiger partial charge < -0.3 is 10.6 Å². The molecule has 2 rings (SSSR count). The second kappa shape index (κ2) is 8.48. The van der Waals surface area contributed by atoms with Crippen molar-refractivity contribution in [2.24, 2.45) is 0 Å². The number of benzene rings is 1. The molecule has 0 aliphatic carbocycles. The van der Waals surface area contributed by atoms with E-state index >= 15 is 0 Å². The van der Waals surface area contributed by atoms with Crippen LogP contribution in [0.15, 0.2) is 54.9 Å². The minimum absolute atomic E-state index is 0.109. The number of nitrogens with zero attached hydrogens (tertiary/aromatic N) is 1. The molecular formula is C18H19N3O2. The Morgan fingerprint density at radius 2 is 1.78 bits per heavy atom. The lowest BCUT2D eigenvalue weighted by atomic mass is 10.2. The molecule has 0 bridgehead atoms. The van der Waals surface area contributed by atoms with Crippen LogP contribution < -0.4 is 10.6 Å². The summed E-state index contributed by atoms with van der Waals surface area (Å²) in [4.78, 5) is 27.5. The number of nitrogens with one attached hydrogen (secondary N) is 2. The quantitative estimate of drug-likeness (QED) is 0.806. The zero-order valence-corrected chi connectivity index (χ0v) is 13.0. The van der Waals surface area contributed by atoms with Crippen molar-refractivity contribution < 1.29 is 9.59 Å². The monoisotopic (exact) mass is 309 g/mol. The molecule has 0 atom stereocenters. The molecule has 0 saturated carbocycles. The van der Waals surface area contributed by atoms with Crippen molar-refractivity contribution in [3.8, 4) is 0 Å². The summed E-state index contributed by atoms with van der Waals surface area (Å²) in [6, 6.07) is 10.4. The summed E-state index contributed by atoms with van der Waals surface area (Å²) in [6.45, 7) is 2.65. The Kier molecular flexibility index (Phi) is 6.06. The molecule has 5 nitrogen and oxygen atoms in total. The van der Waals surface area contributed by atoms with E-state index in [4.69, 9.17) is 0 Å². The van der Waals surface area contributed by atoms with Crippen LogP contribution in [-0.4, -0.2) is 23.3 Å². The smallest absolute Gasteiger partial charge is 0.251 e. The summed E-state index contributed by atoms with van der Waals surface area (Å²) in [5, 5.41) is 5.55. The second-order valence-corrected chi connectivity index (χ2v) is 4.94. The van der Waals surface area contributed by atoms with Crippen LogP contribution in [-0.2, 0) is 4.79 Å². The molecule has 0 fully saturated rings. The average Bonchev–Trinajstić information content (AvgIpc) is 2.59. The first kappa shape index (κ1) is 16.4. The standard InChI is InChI=1S/C18H19N3O2/c1-2-11-20-18(23)15-4-6-16(7-5-15)21-17(22)8-3-14-9-12-19-13-10-14/h3-10,12-13H,2,11H2,1H3,(H,20,23)(H,21,22)/b8-3+. The Bertz CT molecular complexity index is 679. The highest BCUT2D eigenvalue weighted by Gasteiger charge is 2.04. The lowest BCUT2D eigenvalue weighted by molar-refractivity contribution is -0.111. The van der Waals surface area contributed by atoms with Crippen LogP contribution in [0.25, 0.3) is 6.08 Å². The summed E-state index contributed by atoms with van der Waals surface area (Å²) in [6.07, 6.45) is 7.39. The lowest BCUT2D eigenvalue weighted by Gasteiger charge is -2.05. The molecule has 1 heterocycles. The first-order chi connectivity index (χ1) is 11.2. The van der Waals surface area contributed by atoms with Crippen LogP contribution in [0.4, 0.5) is 5.69 Å². The third kappa shape index (κ3) is 5.39. The highest BCUT2D eigenvalue weighted by atomic mass is 16.2. The van der Waals surface area contributed by atoms with Crippen molar-refractivity contribution in [1.82, 2.24) is 10.3 Å². The van der Waals surface area contributed by atoms with Crippen molar-refractivity contribution in [3.05, 3.63) is 66.0 Å². The van der Waals surface area contributed by atoms with Gasteiger partial charge in [-0.1, -0.05) is 6.92 Å². The topological polar surface area (TPSA) is 71.1 Å². The van der Waals surface area contributed by atoms with Crippen LogP contribution in [0.2, 0.25) is 0 Å². The van der Waals surface area contributed by atoms with E-state index in [0.29, 0.717) is 17.8 Å². The maximum absolute atomic E-state index is 11.9. The predicted molar refractivity (Wildman–Crippen MR) is 91.0 cm³/mol. The Balaban J connectivity index is 1.91. The number of amides is 2. The molecule has 0 spiro atoms. The van der Waals surface area contributed by atoms with Crippen molar-refractivity contribution in [2.45, 2.75) is 13.3 Å². The van der Waals surface area contributed by atoms with Crippen molar-refractivity contribution >= 4 is 23.6 Å². The minimum Gasteiger partial charge on any atom is -0.352 e. The summed E-state index contributed by atoms with van der Waals surface area (Å²) < 4.78 is 0. The van der Waals surface area contributed by atoms with Crippen molar-refractivity contribution in [3.63, 3.8) is 0 Å². The SMILES string of the molecule is CCCNC(=O)c1ccc(NC(=O)/C=C/c2ccncc2)cc1. The number of aromatic nitrogens is 1. The Morgan fingerprint density at radius 1 is 1.09 bits per heavy atom. The second-order valence-electron chi connectivity index (χ2n) is 4.94. The Labute approximate surface area is 135 Å². The maximum atomic E-state index is 11.9. The van der Waals surface area contributed by atoms with E-state index in [1.807, 2.05) is 19.1 Å². The Morgan fingerprint density at radius 3 is 2.43 bits per heavy atom. The zero-order valence-electron chi connectivity index (χ0n) is 13.0. The molecule has 0 radical (unpaired) electrons. The van der Waals surface area contributed by atoms with Crippen LogP contribution in [0.3, 0.4) is 0 Å². The molecule has 118 valence electrons. The molecular weight excluding hydrogens is 290 g/mol. The molecule has 0 saturated heterocycles. The van der Waals surface area contributed by atoms with Gasteiger partial charge in [-0.3, -0.25) is 14.6 Å². The van der Waals surface area contributed by atoms with Gasteiger partial charge in [0.2, 0.25) is 5.91 Å². The maximum Gasteiger partial charge on any atom is 0.251 e. The largest absolute Gasteiger partial charge is 0.352 e. The van der Waals surface area contributed by atoms with Crippen molar-refractivity contribution in [1.29, 1.82) is 0 Å². The summed E-state index contributed by atoms with van der Waals surface area (Å²) in [5.41, 5.74) is 2.11. The van der Waals surface area contributed by atoms with E-state index in [-0.39, 0.29) is 11.8 Å². The van der Waals surface area contributed by atoms with Crippen LogP contribution >= 0.6 is 0 Å². The highest BCUT2D eigenvalue weighted by molar-refractivity contribution is 6.02. The number of hydrogen-bond donors (Lipinski definition) is 2. The van der Waals surface area contributed by atoms with Gasteiger partial charge in [0, 0.05) is 36.3 Å². The van der Waals surface area contributed by atoms with Gasteiger partial charge >= 0.3 is 0 Å². The molecule has 0 aliphatic heterocycles. The van der Waals surface area contributed by atoms with Crippen LogP contribution in [0.5, 0.6) is 0 Å². The summed E-state index contributed by atoms with van der Waals surface area (Å²) >= 11 is 0. The number of pyridine rings is 1. The van der Waals surface area contributed by atoms with E-state index in [9.17, 15) is 9.59 Å². The summed E-state index contributed by atoms with van der Waals surface area (Å²) in [7, 11) is 0. The lowest BCUT2D eigenvalue weighted by Crippen LogP contribution is -2.23. The van der Waals surface area contributed by atoms with E-state index in [2.05, 4.69) is 15.6 Å². The van der Waals surface area contributed by atoms with Crippen molar-refractivity contribution in [2.75, 3.05) is 11.9 Å². The molecule has 1 aromatic heterocycles. The average molecular weight is 309 g/mol. The fourth-order valence-electron chi connectivity index (χ4n) is 1.88. The highest BCUT2D eigenvalue weighted by Crippen LogP contribution is 2.10. The molecule has 5 heteroatoms.